The molecule has 10 heteroatoms. The Morgan fingerprint density at radius 3 is 2.67 bits per heavy atom. The average molecular weight is 480 g/mol. The maximum absolute atomic E-state index is 12.3. The number of carbonyl (C=O) groups excluding carboxylic acids is 1. The summed E-state index contributed by atoms with van der Waals surface area (Å²) in [5.41, 5.74) is 5.33. The molecule has 0 saturated heterocycles. The number of nitrogens with one attached hydrogen (secondary N) is 1. The molecule has 0 spiro atoms. The van der Waals surface area contributed by atoms with Gasteiger partial charge in [-0.3, -0.25) is 14.9 Å². The molecular formula is C23H18ClN5O3S. The van der Waals surface area contributed by atoms with E-state index in [2.05, 4.69) is 15.5 Å². The quantitative estimate of drug-likeness (QED) is 0.168. The Labute approximate surface area is 198 Å². The van der Waals surface area contributed by atoms with Crippen LogP contribution in [0.15, 0.2) is 83.1 Å². The second-order valence-electron chi connectivity index (χ2n) is 6.96. The fourth-order valence-corrected chi connectivity index (χ4v) is 4.21. The Morgan fingerprint density at radius 1 is 1.12 bits per heavy atom. The van der Waals surface area contributed by atoms with Gasteiger partial charge in [-0.1, -0.05) is 65.8 Å². The van der Waals surface area contributed by atoms with E-state index in [-0.39, 0.29) is 17.3 Å². The number of aromatic nitrogens is 2. The molecule has 1 aromatic heterocycles. The molecule has 1 heterocycles. The lowest BCUT2D eigenvalue weighted by Gasteiger charge is -2.10. The summed E-state index contributed by atoms with van der Waals surface area (Å²) < 4.78 is 2.02. The minimum Gasteiger partial charge on any atom is -0.314 e. The van der Waals surface area contributed by atoms with Gasteiger partial charge in [-0.2, -0.15) is 5.10 Å². The van der Waals surface area contributed by atoms with Crippen molar-refractivity contribution >= 4 is 52.2 Å². The second kappa shape index (κ2) is 10.3. The van der Waals surface area contributed by atoms with Crippen LogP contribution in [-0.4, -0.2) is 32.3 Å². The molecule has 1 amide bonds. The van der Waals surface area contributed by atoms with Crippen molar-refractivity contribution < 1.29 is 9.72 Å². The van der Waals surface area contributed by atoms with E-state index < -0.39 is 4.92 Å². The highest BCUT2D eigenvalue weighted by molar-refractivity contribution is 7.99. The first kappa shape index (κ1) is 22.5. The van der Waals surface area contributed by atoms with E-state index >= 15 is 0 Å². The number of rotatable bonds is 8. The van der Waals surface area contributed by atoms with Gasteiger partial charge < -0.3 is 4.57 Å². The molecule has 0 aliphatic carbocycles. The van der Waals surface area contributed by atoms with Crippen LogP contribution >= 0.6 is 23.4 Å². The molecule has 166 valence electrons. The molecule has 4 rings (SSSR count). The predicted octanol–water partition coefficient (Wildman–Crippen LogP) is 4.89. The van der Waals surface area contributed by atoms with Crippen molar-refractivity contribution in [2.75, 3.05) is 5.75 Å². The van der Waals surface area contributed by atoms with Crippen molar-refractivity contribution in [3.05, 3.63) is 99.1 Å². The Balaban J connectivity index is 1.46. The molecule has 3 aromatic carbocycles. The zero-order valence-corrected chi connectivity index (χ0v) is 18.8. The number of halogens is 1. The Hall–Kier alpha value is -3.69. The van der Waals surface area contributed by atoms with Gasteiger partial charge in [0, 0.05) is 11.1 Å². The molecule has 0 fully saturated rings. The maximum atomic E-state index is 12.3. The first-order valence-electron chi connectivity index (χ1n) is 9.89. The number of para-hydroxylation sites is 3. The topological polar surface area (TPSA) is 102 Å². The molecule has 0 bridgehead atoms. The summed E-state index contributed by atoms with van der Waals surface area (Å²) in [7, 11) is 0. The van der Waals surface area contributed by atoms with E-state index in [1.807, 2.05) is 53.1 Å². The third kappa shape index (κ3) is 5.39. The number of thioether (sulfide) groups is 1. The maximum Gasteiger partial charge on any atom is 0.278 e. The fraction of sp³-hybridized carbons (Fsp3) is 0.0870. The van der Waals surface area contributed by atoms with Crippen molar-refractivity contribution in [1.29, 1.82) is 0 Å². The van der Waals surface area contributed by atoms with Gasteiger partial charge in [-0.25, -0.2) is 10.4 Å². The highest BCUT2D eigenvalue weighted by Crippen LogP contribution is 2.27. The van der Waals surface area contributed by atoms with Crippen molar-refractivity contribution in [3.63, 3.8) is 0 Å². The summed E-state index contributed by atoms with van der Waals surface area (Å²) in [6.07, 6.45) is 1.26. The number of nitro groups is 1. The zero-order valence-electron chi connectivity index (χ0n) is 17.2. The number of benzene rings is 3. The van der Waals surface area contributed by atoms with Crippen LogP contribution in [0.25, 0.3) is 11.0 Å². The number of nitro benzene ring substituents is 1. The minimum absolute atomic E-state index is 0.0695. The molecule has 0 saturated carbocycles. The summed E-state index contributed by atoms with van der Waals surface area (Å²) >= 11 is 7.62. The monoisotopic (exact) mass is 479 g/mol. The van der Waals surface area contributed by atoms with Gasteiger partial charge in [0.25, 0.3) is 11.6 Å². The lowest BCUT2D eigenvalue weighted by atomic mass is 10.2. The van der Waals surface area contributed by atoms with Gasteiger partial charge >= 0.3 is 0 Å². The first-order valence-corrected chi connectivity index (χ1v) is 11.3. The van der Waals surface area contributed by atoms with Crippen LogP contribution in [-0.2, 0) is 11.3 Å². The zero-order chi connectivity index (χ0) is 23.2. The van der Waals surface area contributed by atoms with E-state index in [1.54, 1.807) is 18.2 Å². The van der Waals surface area contributed by atoms with Crippen LogP contribution in [0.3, 0.4) is 0 Å². The van der Waals surface area contributed by atoms with Crippen molar-refractivity contribution in [2.45, 2.75) is 11.7 Å². The number of nitrogens with zero attached hydrogens (tertiary/aromatic N) is 4. The Morgan fingerprint density at radius 2 is 1.85 bits per heavy atom. The number of hydrazone groups is 1. The van der Waals surface area contributed by atoms with Crippen molar-refractivity contribution in [2.24, 2.45) is 5.10 Å². The Kier molecular flexibility index (Phi) is 7.01. The van der Waals surface area contributed by atoms with E-state index in [9.17, 15) is 14.9 Å². The molecule has 4 aromatic rings. The van der Waals surface area contributed by atoms with E-state index in [0.29, 0.717) is 22.3 Å². The van der Waals surface area contributed by atoms with Crippen molar-refractivity contribution in [1.82, 2.24) is 15.0 Å². The largest absolute Gasteiger partial charge is 0.314 e. The van der Waals surface area contributed by atoms with E-state index in [4.69, 9.17) is 11.6 Å². The summed E-state index contributed by atoms with van der Waals surface area (Å²) in [5, 5.41) is 16.3. The van der Waals surface area contributed by atoms with Crippen LogP contribution in [0.1, 0.15) is 11.1 Å². The number of hydrogen-bond acceptors (Lipinski definition) is 6. The van der Waals surface area contributed by atoms with E-state index in [1.165, 1.54) is 24.0 Å². The third-order valence-electron chi connectivity index (χ3n) is 4.76. The lowest BCUT2D eigenvalue weighted by Crippen LogP contribution is -2.20. The molecule has 0 aliphatic heterocycles. The molecule has 1 N–H and O–H groups in total. The molecule has 0 radical (unpaired) electrons. The van der Waals surface area contributed by atoms with Crippen LogP contribution in [0, 0.1) is 10.1 Å². The molecular weight excluding hydrogens is 462 g/mol. The van der Waals surface area contributed by atoms with E-state index in [0.717, 1.165) is 16.6 Å². The van der Waals surface area contributed by atoms with Gasteiger partial charge in [0.05, 0.1) is 40.0 Å². The number of carbonyl (C=O) groups is 1. The van der Waals surface area contributed by atoms with Crippen LogP contribution in [0.4, 0.5) is 5.69 Å². The smallest absolute Gasteiger partial charge is 0.278 e. The highest BCUT2D eigenvalue weighted by atomic mass is 35.5. The number of fused-ring (bicyclic) bond motifs is 1. The fourth-order valence-electron chi connectivity index (χ4n) is 3.21. The molecule has 0 atom stereocenters. The van der Waals surface area contributed by atoms with Gasteiger partial charge in [-0.05, 0) is 29.8 Å². The summed E-state index contributed by atoms with van der Waals surface area (Å²) in [4.78, 5) is 27.6. The van der Waals surface area contributed by atoms with Gasteiger partial charge in [0.1, 0.15) is 0 Å². The SMILES string of the molecule is O=C(CSc1nc2ccccc2n1Cc1ccccc1Cl)N/N=C/c1ccccc1[N+](=O)[O-]. The molecule has 8 nitrogen and oxygen atoms in total. The normalized spacial score (nSPS) is 11.2. The summed E-state index contributed by atoms with van der Waals surface area (Å²) in [6, 6.07) is 21.5. The molecule has 33 heavy (non-hydrogen) atoms. The van der Waals surface area contributed by atoms with Gasteiger partial charge in [0.2, 0.25) is 0 Å². The molecule has 0 aliphatic rings. The van der Waals surface area contributed by atoms with Crippen LogP contribution < -0.4 is 5.43 Å². The Bertz CT molecular complexity index is 1350. The molecule has 0 unspecified atom stereocenters. The number of hydrogen-bond donors (Lipinski definition) is 1. The predicted molar refractivity (Wildman–Crippen MR) is 130 cm³/mol. The van der Waals surface area contributed by atoms with Crippen LogP contribution in [0.5, 0.6) is 0 Å². The number of imidazole rings is 1. The van der Waals surface area contributed by atoms with Gasteiger partial charge in [-0.15, -0.1) is 0 Å². The van der Waals surface area contributed by atoms with Crippen LogP contribution in [0.2, 0.25) is 5.02 Å². The first-order chi connectivity index (χ1) is 16.0. The highest BCUT2D eigenvalue weighted by Gasteiger charge is 2.14. The third-order valence-corrected chi connectivity index (χ3v) is 6.11. The number of amides is 1. The summed E-state index contributed by atoms with van der Waals surface area (Å²) in [6.45, 7) is 0.514. The lowest BCUT2D eigenvalue weighted by molar-refractivity contribution is -0.385. The second-order valence-corrected chi connectivity index (χ2v) is 8.31. The summed E-state index contributed by atoms with van der Waals surface area (Å²) in [5.74, 6) is -0.286. The van der Waals surface area contributed by atoms with Gasteiger partial charge in [0.15, 0.2) is 5.16 Å². The average Bonchev–Trinajstić information content (AvgIpc) is 3.17. The standard InChI is InChI=1S/C23H18ClN5O3S/c24-18-9-3-1-8-17(18)14-28-21-12-6-4-10-19(21)26-23(28)33-15-22(30)27-25-13-16-7-2-5-11-20(16)29(31)32/h1-13H,14-15H2,(H,27,30)/b25-13+. The van der Waals surface area contributed by atoms with Crippen molar-refractivity contribution in [3.8, 4) is 0 Å². The minimum atomic E-state index is -0.498.